The highest BCUT2D eigenvalue weighted by Gasteiger charge is 2.27. The van der Waals surface area contributed by atoms with E-state index in [4.69, 9.17) is 4.74 Å². The van der Waals surface area contributed by atoms with Crippen LogP contribution in [0, 0.1) is 17.1 Å². The van der Waals surface area contributed by atoms with Crippen molar-refractivity contribution in [1.29, 1.82) is 5.26 Å². The van der Waals surface area contributed by atoms with Crippen LogP contribution in [0.5, 0.6) is 0 Å². The molecule has 0 spiro atoms. The van der Waals surface area contributed by atoms with Gasteiger partial charge in [0.15, 0.2) is 0 Å². The van der Waals surface area contributed by atoms with Crippen LogP contribution < -0.4 is 10.6 Å². The summed E-state index contributed by atoms with van der Waals surface area (Å²) in [5.74, 6) is -1.76. The number of amides is 2. The van der Waals surface area contributed by atoms with E-state index < -0.39 is 17.6 Å². The Bertz CT molecular complexity index is 1090. The van der Waals surface area contributed by atoms with Gasteiger partial charge in [0.25, 0.3) is 11.8 Å². The number of fused-ring (bicyclic) bond motifs is 1. The van der Waals surface area contributed by atoms with E-state index in [-0.39, 0.29) is 22.7 Å². The molecule has 3 rings (SSSR count). The first-order valence-corrected chi connectivity index (χ1v) is 9.22. The lowest BCUT2D eigenvalue weighted by atomic mass is 10.0. The van der Waals surface area contributed by atoms with Crippen molar-refractivity contribution in [2.75, 3.05) is 20.3 Å². The van der Waals surface area contributed by atoms with E-state index in [2.05, 4.69) is 15.6 Å². The topological polar surface area (TPSA) is 104 Å². The third-order valence-electron chi connectivity index (χ3n) is 4.40. The summed E-state index contributed by atoms with van der Waals surface area (Å²) in [5.41, 5.74) is 0.921. The summed E-state index contributed by atoms with van der Waals surface area (Å²) >= 11 is 0. The molecule has 2 N–H and O–H groups in total. The molecule has 30 heavy (non-hydrogen) atoms. The van der Waals surface area contributed by atoms with Gasteiger partial charge >= 0.3 is 0 Å². The highest BCUT2D eigenvalue weighted by atomic mass is 19.1. The molecule has 7 nitrogen and oxygen atoms in total. The Morgan fingerprint density at radius 3 is 2.53 bits per heavy atom. The molecule has 0 saturated heterocycles. The lowest BCUT2D eigenvalue weighted by Crippen LogP contribution is -2.31. The number of hydrogen-bond acceptors (Lipinski definition) is 5. The Morgan fingerprint density at radius 2 is 1.83 bits per heavy atom. The highest BCUT2D eigenvalue weighted by molar-refractivity contribution is 6.20. The van der Waals surface area contributed by atoms with Crippen molar-refractivity contribution in [3.05, 3.63) is 76.6 Å². The molecule has 0 bridgehead atoms. The molecule has 2 aromatic rings. The van der Waals surface area contributed by atoms with Crippen molar-refractivity contribution < 1.29 is 18.7 Å². The Hall–Kier alpha value is -3.83. The standard InChI is InChI=1S/C22H19FN4O3/c1-30-12-6-11-25-21(28)17(13-24)19-14-7-2-3-8-15(14)20(26-19)27-22(29)16-9-4-5-10-18(16)23/h2-5,7-10H,6,11-12H2,1H3,(H,25,28)(H,26,27,29). The molecule has 8 heteroatoms. The molecule has 1 aliphatic rings. The summed E-state index contributed by atoms with van der Waals surface area (Å²) in [6.07, 6.45) is 0.597. The molecule has 0 radical (unpaired) electrons. The maximum atomic E-state index is 13.9. The summed E-state index contributed by atoms with van der Waals surface area (Å²) in [5, 5.41) is 14.8. The van der Waals surface area contributed by atoms with E-state index >= 15 is 0 Å². The second-order valence-corrected chi connectivity index (χ2v) is 6.38. The minimum atomic E-state index is -0.676. The van der Waals surface area contributed by atoms with Crippen molar-refractivity contribution in [1.82, 2.24) is 10.6 Å². The smallest absolute Gasteiger partial charge is 0.264 e. The monoisotopic (exact) mass is 406 g/mol. The molecule has 2 aromatic carbocycles. The average Bonchev–Trinajstić information content (AvgIpc) is 3.10. The lowest BCUT2D eigenvalue weighted by molar-refractivity contribution is -0.117. The molecule has 0 fully saturated rings. The predicted octanol–water partition coefficient (Wildman–Crippen LogP) is 2.40. The number of benzene rings is 2. The second kappa shape index (κ2) is 9.58. The van der Waals surface area contributed by atoms with Crippen LogP contribution in [0.25, 0.3) is 5.70 Å². The molecule has 0 aromatic heterocycles. The number of halogens is 1. The van der Waals surface area contributed by atoms with Crippen LogP contribution in [-0.2, 0) is 9.53 Å². The Kier molecular flexibility index (Phi) is 6.67. The molecule has 0 aliphatic carbocycles. The summed E-state index contributed by atoms with van der Waals surface area (Å²) < 4.78 is 18.9. The predicted molar refractivity (Wildman–Crippen MR) is 109 cm³/mol. The van der Waals surface area contributed by atoms with E-state index in [0.717, 1.165) is 0 Å². The zero-order valence-corrected chi connectivity index (χ0v) is 16.2. The Morgan fingerprint density at radius 1 is 1.13 bits per heavy atom. The molecular formula is C22H19FN4O3. The molecule has 2 amide bonds. The zero-order valence-electron chi connectivity index (χ0n) is 16.2. The van der Waals surface area contributed by atoms with Crippen LogP contribution in [0.3, 0.4) is 0 Å². The maximum Gasteiger partial charge on any atom is 0.264 e. The summed E-state index contributed by atoms with van der Waals surface area (Å²) in [7, 11) is 1.56. The second-order valence-electron chi connectivity index (χ2n) is 6.38. The number of nitrogens with one attached hydrogen (secondary N) is 2. The number of ether oxygens (including phenoxy) is 1. The van der Waals surface area contributed by atoms with Gasteiger partial charge in [-0.1, -0.05) is 36.4 Å². The van der Waals surface area contributed by atoms with Gasteiger partial charge in [0.1, 0.15) is 23.3 Å². The van der Waals surface area contributed by atoms with Crippen LogP contribution in [0.2, 0.25) is 0 Å². The summed E-state index contributed by atoms with van der Waals surface area (Å²) in [4.78, 5) is 29.3. The van der Waals surface area contributed by atoms with E-state index in [9.17, 15) is 19.2 Å². The molecule has 0 unspecified atom stereocenters. The SMILES string of the molecule is COCCCNC(=O)C(C#N)=C1N=C(NC(=O)c2ccccc2F)c2ccccc21. The van der Waals surface area contributed by atoms with Gasteiger partial charge < -0.3 is 15.4 Å². The number of aliphatic imine (C=N–C) groups is 1. The normalized spacial score (nSPS) is 13.7. The van der Waals surface area contributed by atoms with Crippen molar-refractivity contribution in [3.63, 3.8) is 0 Å². The molecular weight excluding hydrogens is 387 g/mol. The summed E-state index contributed by atoms with van der Waals surface area (Å²) in [6.45, 7) is 0.819. The number of amidine groups is 1. The zero-order chi connectivity index (χ0) is 21.5. The van der Waals surface area contributed by atoms with E-state index in [0.29, 0.717) is 30.7 Å². The number of nitriles is 1. The first-order chi connectivity index (χ1) is 14.6. The molecule has 1 aliphatic heterocycles. The fourth-order valence-corrected chi connectivity index (χ4v) is 2.95. The van der Waals surface area contributed by atoms with Gasteiger partial charge in [-0.25, -0.2) is 9.38 Å². The lowest BCUT2D eigenvalue weighted by Gasteiger charge is -2.06. The van der Waals surface area contributed by atoms with Gasteiger partial charge in [-0.3, -0.25) is 9.59 Å². The van der Waals surface area contributed by atoms with E-state index in [1.54, 1.807) is 37.4 Å². The van der Waals surface area contributed by atoms with Gasteiger partial charge in [-0.2, -0.15) is 5.26 Å². The minimum absolute atomic E-state index is 0.133. The number of carbonyl (C=O) groups excluding carboxylic acids is 2. The van der Waals surface area contributed by atoms with Crippen LogP contribution in [0.15, 0.2) is 59.1 Å². The van der Waals surface area contributed by atoms with E-state index in [1.165, 1.54) is 18.2 Å². The largest absolute Gasteiger partial charge is 0.385 e. The maximum absolute atomic E-state index is 13.9. The first kappa shape index (κ1) is 20.9. The third-order valence-corrected chi connectivity index (χ3v) is 4.40. The van der Waals surface area contributed by atoms with Crippen molar-refractivity contribution in [2.45, 2.75) is 6.42 Å². The third kappa shape index (κ3) is 4.42. The molecule has 0 atom stereocenters. The quantitative estimate of drug-likeness (QED) is 0.437. The number of methoxy groups -OCH3 is 1. The number of nitrogens with zero attached hydrogens (tertiary/aromatic N) is 2. The minimum Gasteiger partial charge on any atom is -0.385 e. The van der Waals surface area contributed by atoms with Crippen molar-refractivity contribution in [2.24, 2.45) is 4.99 Å². The number of rotatable bonds is 6. The molecule has 1 heterocycles. The Labute approximate surface area is 172 Å². The number of hydrogen-bond donors (Lipinski definition) is 2. The van der Waals surface area contributed by atoms with E-state index in [1.807, 2.05) is 6.07 Å². The van der Waals surface area contributed by atoms with Crippen LogP contribution in [0.4, 0.5) is 4.39 Å². The summed E-state index contributed by atoms with van der Waals surface area (Å²) in [6, 6.07) is 14.4. The highest BCUT2D eigenvalue weighted by Crippen LogP contribution is 2.30. The van der Waals surface area contributed by atoms with Crippen molar-refractivity contribution in [3.8, 4) is 6.07 Å². The average molecular weight is 406 g/mol. The van der Waals surface area contributed by atoms with Gasteiger partial charge in [-0.15, -0.1) is 0 Å². The fourth-order valence-electron chi connectivity index (χ4n) is 2.95. The van der Waals surface area contributed by atoms with Gasteiger partial charge in [0.05, 0.1) is 11.3 Å². The van der Waals surface area contributed by atoms with Gasteiger partial charge in [0, 0.05) is 31.4 Å². The number of carbonyl (C=O) groups is 2. The first-order valence-electron chi connectivity index (χ1n) is 9.22. The fraction of sp³-hybridized carbons (Fsp3) is 0.182. The van der Waals surface area contributed by atoms with Crippen LogP contribution in [-0.4, -0.2) is 37.9 Å². The van der Waals surface area contributed by atoms with Crippen LogP contribution in [0.1, 0.15) is 27.9 Å². The van der Waals surface area contributed by atoms with Crippen molar-refractivity contribution >= 4 is 23.3 Å². The molecule has 0 saturated carbocycles. The Balaban J connectivity index is 1.92. The molecule has 152 valence electrons. The van der Waals surface area contributed by atoms with Gasteiger partial charge in [-0.05, 0) is 18.6 Å². The van der Waals surface area contributed by atoms with Crippen LogP contribution >= 0.6 is 0 Å². The van der Waals surface area contributed by atoms with Gasteiger partial charge in [0.2, 0.25) is 0 Å².